The van der Waals surface area contributed by atoms with E-state index >= 15 is 0 Å². The first-order valence-corrected chi connectivity index (χ1v) is 7.95. The summed E-state index contributed by atoms with van der Waals surface area (Å²) in [5.41, 5.74) is 2.74. The third-order valence-corrected chi connectivity index (χ3v) is 4.24. The van der Waals surface area contributed by atoms with Gasteiger partial charge in [-0.15, -0.1) is 0 Å². The van der Waals surface area contributed by atoms with Crippen LogP contribution in [0.25, 0.3) is 0 Å². The number of hydrogen-bond donors (Lipinski definition) is 0. The molecule has 0 aromatic heterocycles. The van der Waals surface area contributed by atoms with Crippen LogP contribution in [0.15, 0.2) is 42.5 Å². The van der Waals surface area contributed by atoms with Gasteiger partial charge in [0.1, 0.15) is 5.82 Å². The highest BCUT2D eigenvalue weighted by molar-refractivity contribution is 6.30. The lowest BCUT2D eigenvalue weighted by Crippen LogP contribution is -2.40. The van der Waals surface area contributed by atoms with Gasteiger partial charge in [0, 0.05) is 17.3 Å². The van der Waals surface area contributed by atoms with E-state index in [-0.39, 0.29) is 11.8 Å². The number of nitrogens with zero attached hydrogens (tertiary/aromatic N) is 1. The van der Waals surface area contributed by atoms with Crippen molar-refractivity contribution in [3.8, 4) is 0 Å². The van der Waals surface area contributed by atoms with Crippen LogP contribution in [-0.2, 0) is 16.0 Å². The Morgan fingerprint density at radius 2 is 2.04 bits per heavy atom. The number of carbonyl (C=O) groups excluding carboxylic acids is 1. The molecule has 0 bridgehead atoms. The molecule has 0 amide bonds. The fourth-order valence-electron chi connectivity index (χ4n) is 2.98. The molecule has 120 valence electrons. The molecule has 1 atom stereocenters. The van der Waals surface area contributed by atoms with Gasteiger partial charge in [-0.1, -0.05) is 17.7 Å². The van der Waals surface area contributed by atoms with Gasteiger partial charge in [-0.05, 0) is 60.9 Å². The molecular formula is C18H17ClFNO2. The maximum atomic E-state index is 13.2. The number of anilines is 1. The predicted octanol–water partition coefficient (Wildman–Crippen LogP) is 4.15. The lowest BCUT2D eigenvalue weighted by atomic mass is 9.92. The summed E-state index contributed by atoms with van der Waals surface area (Å²) in [5.74, 6) is -0.606. The van der Waals surface area contributed by atoms with Crippen molar-refractivity contribution in [3.63, 3.8) is 0 Å². The van der Waals surface area contributed by atoms with Crippen molar-refractivity contribution in [3.05, 3.63) is 64.4 Å². The van der Waals surface area contributed by atoms with Gasteiger partial charge in [0.25, 0.3) is 0 Å². The number of rotatable bonds is 3. The molecule has 3 nitrogen and oxygen atoms in total. The second-order valence-electron chi connectivity index (χ2n) is 5.42. The molecule has 2 aromatic carbocycles. The normalized spacial score (nSPS) is 16.8. The van der Waals surface area contributed by atoms with Crippen molar-refractivity contribution in [2.75, 3.05) is 18.1 Å². The van der Waals surface area contributed by atoms with Crippen molar-refractivity contribution in [2.45, 2.75) is 19.4 Å². The Balaban J connectivity index is 2.03. The van der Waals surface area contributed by atoms with Gasteiger partial charge in [-0.25, -0.2) is 9.18 Å². The number of fused-ring (bicyclic) bond motifs is 1. The first kappa shape index (κ1) is 15.8. The molecule has 0 N–H and O–H groups in total. The van der Waals surface area contributed by atoms with Gasteiger partial charge in [-0.3, -0.25) is 0 Å². The molecule has 1 aliphatic heterocycles. The van der Waals surface area contributed by atoms with Crippen molar-refractivity contribution >= 4 is 23.3 Å². The molecule has 3 rings (SSSR count). The summed E-state index contributed by atoms with van der Waals surface area (Å²) < 4.78 is 18.4. The van der Waals surface area contributed by atoms with E-state index in [0.29, 0.717) is 18.2 Å². The lowest BCUT2D eigenvalue weighted by molar-refractivity contribution is -0.145. The molecule has 1 aliphatic rings. The Kier molecular flexibility index (Phi) is 4.53. The fourth-order valence-corrected chi connectivity index (χ4v) is 3.18. The van der Waals surface area contributed by atoms with Gasteiger partial charge >= 0.3 is 5.97 Å². The Morgan fingerprint density at radius 1 is 1.30 bits per heavy atom. The third-order valence-electron chi connectivity index (χ3n) is 4.00. The minimum Gasteiger partial charge on any atom is -0.464 e. The molecule has 0 fully saturated rings. The van der Waals surface area contributed by atoms with Crippen LogP contribution in [0, 0.1) is 5.82 Å². The Bertz CT molecular complexity index is 717. The second kappa shape index (κ2) is 6.59. The van der Waals surface area contributed by atoms with E-state index in [0.717, 1.165) is 23.2 Å². The van der Waals surface area contributed by atoms with Crippen molar-refractivity contribution in [1.29, 1.82) is 0 Å². The molecule has 0 unspecified atom stereocenters. The highest BCUT2D eigenvalue weighted by Crippen LogP contribution is 2.35. The third kappa shape index (κ3) is 3.17. The lowest BCUT2D eigenvalue weighted by Gasteiger charge is -2.37. The van der Waals surface area contributed by atoms with Crippen LogP contribution in [0.3, 0.4) is 0 Å². The summed E-state index contributed by atoms with van der Waals surface area (Å²) >= 11 is 6.06. The zero-order valence-electron chi connectivity index (χ0n) is 12.8. The fraction of sp³-hybridized carbons (Fsp3) is 0.278. The van der Waals surface area contributed by atoms with Crippen molar-refractivity contribution in [2.24, 2.45) is 0 Å². The van der Waals surface area contributed by atoms with E-state index in [4.69, 9.17) is 16.3 Å². The quantitative estimate of drug-likeness (QED) is 0.790. The van der Waals surface area contributed by atoms with Gasteiger partial charge in [0.05, 0.1) is 6.61 Å². The highest BCUT2D eigenvalue weighted by Gasteiger charge is 2.34. The van der Waals surface area contributed by atoms with Crippen LogP contribution in [0.4, 0.5) is 10.1 Å². The van der Waals surface area contributed by atoms with E-state index in [1.54, 1.807) is 25.1 Å². The zero-order chi connectivity index (χ0) is 16.4. The molecule has 5 heteroatoms. The smallest absolute Gasteiger partial charge is 0.333 e. The van der Waals surface area contributed by atoms with Crippen LogP contribution in [0.2, 0.25) is 5.02 Å². The first-order valence-electron chi connectivity index (χ1n) is 7.57. The second-order valence-corrected chi connectivity index (χ2v) is 5.85. The SMILES string of the molecule is CCOC(=O)[C@H]1c2ccc(Cl)cc2CCN1c1ccc(F)cc1. The average molecular weight is 334 g/mol. The van der Waals surface area contributed by atoms with Crippen molar-refractivity contribution in [1.82, 2.24) is 0 Å². The van der Waals surface area contributed by atoms with Crippen LogP contribution in [0.5, 0.6) is 0 Å². The summed E-state index contributed by atoms with van der Waals surface area (Å²) in [4.78, 5) is 14.5. The Morgan fingerprint density at radius 3 is 2.74 bits per heavy atom. The van der Waals surface area contributed by atoms with E-state index in [1.807, 2.05) is 17.0 Å². The van der Waals surface area contributed by atoms with Crippen LogP contribution in [-0.4, -0.2) is 19.1 Å². The van der Waals surface area contributed by atoms with E-state index < -0.39 is 6.04 Å². The van der Waals surface area contributed by atoms with E-state index in [1.165, 1.54) is 12.1 Å². The molecule has 0 radical (unpaired) electrons. The van der Waals surface area contributed by atoms with Gasteiger partial charge in [-0.2, -0.15) is 0 Å². The van der Waals surface area contributed by atoms with Crippen molar-refractivity contribution < 1.29 is 13.9 Å². The van der Waals surface area contributed by atoms with E-state index in [2.05, 4.69) is 0 Å². The topological polar surface area (TPSA) is 29.5 Å². The number of hydrogen-bond acceptors (Lipinski definition) is 3. The summed E-state index contributed by atoms with van der Waals surface area (Å²) in [6.45, 7) is 2.74. The first-order chi connectivity index (χ1) is 11.1. The predicted molar refractivity (Wildman–Crippen MR) is 88.3 cm³/mol. The Hall–Kier alpha value is -2.07. The van der Waals surface area contributed by atoms with Crippen LogP contribution < -0.4 is 4.90 Å². The summed E-state index contributed by atoms with van der Waals surface area (Å²) in [6.07, 6.45) is 0.767. The summed E-state index contributed by atoms with van der Waals surface area (Å²) in [6, 6.07) is 11.2. The van der Waals surface area contributed by atoms with Gasteiger partial charge < -0.3 is 9.64 Å². The minimum atomic E-state index is -0.540. The highest BCUT2D eigenvalue weighted by atomic mass is 35.5. The van der Waals surface area contributed by atoms with Gasteiger partial charge in [0.15, 0.2) is 6.04 Å². The number of benzene rings is 2. The standard InChI is InChI=1S/C18H17ClFNO2/c1-2-23-18(22)17-16-8-3-13(19)11-12(16)9-10-21(17)15-6-4-14(20)5-7-15/h3-8,11,17H,2,9-10H2,1H3/t17-/m1/s1. The van der Waals surface area contributed by atoms with Crippen LogP contribution >= 0.6 is 11.6 Å². The van der Waals surface area contributed by atoms with Gasteiger partial charge in [0.2, 0.25) is 0 Å². The minimum absolute atomic E-state index is 0.300. The maximum absolute atomic E-state index is 13.2. The number of carbonyl (C=O) groups is 1. The largest absolute Gasteiger partial charge is 0.464 e. The van der Waals surface area contributed by atoms with Crippen LogP contribution in [0.1, 0.15) is 24.1 Å². The average Bonchev–Trinajstić information content (AvgIpc) is 2.54. The molecule has 2 aromatic rings. The maximum Gasteiger partial charge on any atom is 0.333 e. The monoisotopic (exact) mass is 333 g/mol. The zero-order valence-corrected chi connectivity index (χ0v) is 13.5. The number of ether oxygens (including phenoxy) is 1. The number of halogens is 2. The number of esters is 1. The molecule has 0 aliphatic carbocycles. The summed E-state index contributed by atoms with van der Waals surface area (Å²) in [5, 5.41) is 0.654. The molecule has 0 saturated carbocycles. The molecule has 23 heavy (non-hydrogen) atoms. The summed E-state index contributed by atoms with van der Waals surface area (Å²) in [7, 11) is 0. The molecule has 1 heterocycles. The molecule has 0 spiro atoms. The molecule has 0 saturated heterocycles. The molecular weight excluding hydrogens is 317 g/mol. The Labute approximate surface area is 139 Å². The van der Waals surface area contributed by atoms with E-state index in [9.17, 15) is 9.18 Å².